The van der Waals surface area contributed by atoms with Crippen LogP contribution in [0.25, 0.3) is 0 Å². The standard InChI is InChI=1S/C11H21F2N3O2.ClH/c1-8(2)16-10(18)5-3-4-9(17)15-7-11(12,13)6-14;/h8H,3-7,14H2,1-2H3,(H,15,17)(H,16,18);1H. The van der Waals surface area contributed by atoms with Crippen LogP contribution in [0.2, 0.25) is 0 Å². The van der Waals surface area contributed by atoms with E-state index < -0.39 is 24.9 Å². The smallest absolute Gasteiger partial charge is 0.277 e. The number of hydrogen-bond donors (Lipinski definition) is 3. The lowest BCUT2D eigenvalue weighted by atomic mass is 10.2. The van der Waals surface area contributed by atoms with Crippen molar-refractivity contribution in [2.45, 2.75) is 45.1 Å². The molecule has 0 aliphatic rings. The molecule has 0 unspecified atom stereocenters. The van der Waals surface area contributed by atoms with Gasteiger partial charge < -0.3 is 16.4 Å². The van der Waals surface area contributed by atoms with E-state index in [0.29, 0.717) is 6.42 Å². The molecule has 0 aliphatic heterocycles. The van der Waals surface area contributed by atoms with Gasteiger partial charge in [0.1, 0.15) is 0 Å². The normalized spacial score (nSPS) is 10.8. The first-order chi connectivity index (χ1) is 8.26. The predicted octanol–water partition coefficient (Wildman–Crippen LogP) is 0.813. The van der Waals surface area contributed by atoms with Crippen molar-refractivity contribution < 1.29 is 18.4 Å². The van der Waals surface area contributed by atoms with Crippen molar-refractivity contribution in [1.29, 1.82) is 0 Å². The quantitative estimate of drug-likeness (QED) is 0.620. The molecule has 0 saturated carbocycles. The molecule has 0 aromatic heterocycles. The van der Waals surface area contributed by atoms with E-state index in [4.69, 9.17) is 5.73 Å². The van der Waals surface area contributed by atoms with Crippen molar-refractivity contribution in [2.24, 2.45) is 5.73 Å². The predicted molar refractivity (Wildman–Crippen MR) is 71.4 cm³/mol. The molecule has 114 valence electrons. The first-order valence-corrected chi connectivity index (χ1v) is 5.91. The molecule has 0 spiro atoms. The van der Waals surface area contributed by atoms with E-state index in [1.807, 2.05) is 13.8 Å². The lowest BCUT2D eigenvalue weighted by molar-refractivity contribution is -0.123. The van der Waals surface area contributed by atoms with E-state index in [1.165, 1.54) is 0 Å². The summed E-state index contributed by atoms with van der Waals surface area (Å²) in [5.41, 5.74) is 4.82. The summed E-state index contributed by atoms with van der Waals surface area (Å²) >= 11 is 0. The summed E-state index contributed by atoms with van der Waals surface area (Å²) in [5.74, 6) is -3.73. The minimum Gasteiger partial charge on any atom is -0.354 e. The van der Waals surface area contributed by atoms with Crippen molar-refractivity contribution in [3.05, 3.63) is 0 Å². The molecule has 0 aromatic carbocycles. The Morgan fingerprint density at radius 1 is 1.21 bits per heavy atom. The van der Waals surface area contributed by atoms with Gasteiger partial charge in [-0.1, -0.05) is 0 Å². The molecule has 0 atom stereocenters. The Labute approximate surface area is 118 Å². The fraction of sp³-hybridized carbons (Fsp3) is 0.818. The largest absolute Gasteiger partial charge is 0.354 e. The minimum absolute atomic E-state index is 0. The highest BCUT2D eigenvalue weighted by Crippen LogP contribution is 2.08. The van der Waals surface area contributed by atoms with Crippen LogP contribution in [0.15, 0.2) is 0 Å². The van der Waals surface area contributed by atoms with Gasteiger partial charge in [-0.05, 0) is 20.3 Å². The number of alkyl halides is 2. The third-order valence-electron chi connectivity index (χ3n) is 2.10. The van der Waals surface area contributed by atoms with E-state index >= 15 is 0 Å². The molecule has 0 radical (unpaired) electrons. The molecule has 0 aromatic rings. The zero-order valence-corrected chi connectivity index (χ0v) is 12.0. The average molecular weight is 302 g/mol. The maximum Gasteiger partial charge on any atom is 0.277 e. The highest BCUT2D eigenvalue weighted by atomic mass is 35.5. The molecule has 19 heavy (non-hydrogen) atoms. The molecular weight excluding hydrogens is 280 g/mol. The van der Waals surface area contributed by atoms with Crippen molar-refractivity contribution in [1.82, 2.24) is 10.6 Å². The Morgan fingerprint density at radius 2 is 1.74 bits per heavy atom. The fourth-order valence-electron chi connectivity index (χ4n) is 1.19. The summed E-state index contributed by atoms with van der Waals surface area (Å²) in [6.07, 6.45) is 0.587. The molecule has 2 amide bonds. The highest BCUT2D eigenvalue weighted by molar-refractivity contribution is 5.85. The van der Waals surface area contributed by atoms with Crippen LogP contribution in [0.3, 0.4) is 0 Å². The molecule has 0 bridgehead atoms. The third-order valence-corrected chi connectivity index (χ3v) is 2.10. The van der Waals surface area contributed by atoms with Crippen LogP contribution < -0.4 is 16.4 Å². The molecule has 0 fully saturated rings. The summed E-state index contributed by atoms with van der Waals surface area (Å²) in [5, 5.41) is 4.76. The van der Waals surface area contributed by atoms with Gasteiger partial charge in [-0.3, -0.25) is 9.59 Å². The van der Waals surface area contributed by atoms with Gasteiger partial charge in [-0.25, -0.2) is 8.78 Å². The zero-order valence-electron chi connectivity index (χ0n) is 11.2. The first-order valence-electron chi connectivity index (χ1n) is 5.91. The second-order valence-electron chi connectivity index (χ2n) is 4.41. The number of halogens is 3. The van der Waals surface area contributed by atoms with E-state index in [2.05, 4.69) is 10.6 Å². The number of carbonyl (C=O) groups excluding carboxylic acids is 2. The number of hydrogen-bond acceptors (Lipinski definition) is 3. The Morgan fingerprint density at radius 3 is 2.21 bits per heavy atom. The Hall–Kier alpha value is -0.950. The minimum atomic E-state index is -3.08. The van der Waals surface area contributed by atoms with Crippen LogP contribution in [0.5, 0.6) is 0 Å². The third kappa shape index (κ3) is 11.9. The van der Waals surface area contributed by atoms with Gasteiger partial charge in [0.05, 0.1) is 13.1 Å². The number of amides is 2. The van der Waals surface area contributed by atoms with Gasteiger partial charge in [-0.2, -0.15) is 0 Å². The fourth-order valence-corrected chi connectivity index (χ4v) is 1.19. The van der Waals surface area contributed by atoms with E-state index in [1.54, 1.807) is 0 Å². The lowest BCUT2D eigenvalue weighted by Gasteiger charge is -2.14. The van der Waals surface area contributed by atoms with E-state index in [-0.39, 0.29) is 37.2 Å². The topological polar surface area (TPSA) is 84.2 Å². The summed E-state index contributed by atoms with van der Waals surface area (Å²) in [6.45, 7) is 2.10. The molecule has 0 aliphatic carbocycles. The SMILES string of the molecule is CC(C)NC(=O)CCCC(=O)NCC(F)(F)CN.Cl. The van der Waals surface area contributed by atoms with Gasteiger partial charge in [-0.15, -0.1) is 12.4 Å². The highest BCUT2D eigenvalue weighted by Gasteiger charge is 2.26. The monoisotopic (exact) mass is 301 g/mol. The Kier molecular flexibility index (Phi) is 10.6. The van der Waals surface area contributed by atoms with Crippen LogP contribution in [-0.2, 0) is 9.59 Å². The zero-order chi connectivity index (χ0) is 14.2. The first kappa shape index (κ1) is 20.4. The van der Waals surface area contributed by atoms with Crippen molar-refractivity contribution in [2.75, 3.05) is 13.1 Å². The molecule has 0 heterocycles. The van der Waals surface area contributed by atoms with E-state index in [9.17, 15) is 18.4 Å². The lowest BCUT2D eigenvalue weighted by Crippen LogP contribution is -2.41. The van der Waals surface area contributed by atoms with Crippen LogP contribution >= 0.6 is 12.4 Å². The van der Waals surface area contributed by atoms with E-state index in [0.717, 1.165) is 0 Å². The number of nitrogens with two attached hydrogens (primary N) is 1. The molecular formula is C11H22ClF2N3O2. The summed E-state index contributed by atoms with van der Waals surface area (Å²) in [6, 6.07) is 0.0505. The number of rotatable bonds is 8. The maximum absolute atomic E-state index is 12.7. The summed E-state index contributed by atoms with van der Waals surface area (Å²) < 4.78 is 25.4. The molecule has 5 nitrogen and oxygen atoms in total. The second kappa shape index (κ2) is 9.91. The van der Waals surface area contributed by atoms with Gasteiger partial charge in [0, 0.05) is 18.9 Å². The molecule has 0 saturated heterocycles. The molecule has 4 N–H and O–H groups in total. The second-order valence-corrected chi connectivity index (χ2v) is 4.41. The van der Waals surface area contributed by atoms with Crippen LogP contribution in [0.4, 0.5) is 8.78 Å². The summed E-state index contributed by atoms with van der Waals surface area (Å²) in [4.78, 5) is 22.4. The van der Waals surface area contributed by atoms with Crippen molar-refractivity contribution >= 4 is 24.2 Å². The summed E-state index contributed by atoms with van der Waals surface area (Å²) in [7, 11) is 0. The Bertz CT molecular complexity index is 289. The van der Waals surface area contributed by atoms with Crippen molar-refractivity contribution in [3.8, 4) is 0 Å². The molecule has 8 heteroatoms. The maximum atomic E-state index is 12.7. The van der Waals surface area contributed by atoms with Crippen molar-refractivity contribution in [3.63, 3.8) is 0 Å². The molecule has 0 rings (SSSR count). The van der Waals surface area contributed by atoms with Gasteiger partial charge in [0.25, 0.3) is 5.92 Å². The number of nitrogens with one attached hydrogen (secondary N) is 2. The van der Waals surface area contributed by atoms with Gasteiger partial charge >= 0.3 is 0 Å². The van der Waals surface area contributed by atoms with Gasteiger partial charge in [0.2, 0.25) is 11.8 Å². The Balaban J connectivity index is 0. The average Bonchev–Trinajstić information content (AvgIpc) is 2.25. The van der Waals surface area contributed by atoms with Crippen LogP contribution in [0, 0.1) is 0 Å². The van der Waals surface area contributed by atoms with Crippen LogP contribution in [0.1, 0.15) is 33.1 Å². The number of carbonyl (C=O) groups is 2. The van der Waals surface area contributed by atoms with Crippen LogP contribution in [-0.4, -0.2) is 36.9 Å². The van der Waals surface area contributed by atoms with Gasteiger partial charge in [0.15, 0.2) is 0 Å².